The van der Waals surface area contributed by atoms with Crippen LogP contribution in [0.15, 0.2) is 35.9 Å². The number of carbonyl (C=O) groups is 1. The third kappa shape index (κ3) is 2.93. The van der Waals surface area contributed by atoms with Crippen LogP contribution in [0.4, 0.5) is 0 Å². The minimum Gasteiger partial charge on any atom is -0.332 e. The zero-order valence-corrected chi connectivity index (χ0v) is 12.1. The molecular weight excluding hydrogens is 248 g/mol. The van der Waals surface area contributed by atoms with Crippen molar-refractivity contribution in [3.63, 3.8) is 0 Å². The first-order chi connectivity index (χ1) is 9.75. The van der Waals surface area contributed by atoms with E-state index in [1.54, 1.807) is 0 Å². The van der Waals surface area contributed by atoms with Gasteiger partial charge in [0.15, 0.2) is 0 Å². The van der Waals surface area contributed by atoms with Gasteiger partial charge in [0.05, 0.1) is 0 Å². The second kappa shape index (κ2) is 5.80. The van der Waals surface area contributed by atoms with E-state index in [0.717, 1.165) is 44.5 Å². The van der Waals surface area contributed by atoms with Crippen molar-refractivity contribution in [1.82, 2.24) is 10.2 Å². The highest BCUT2D eigenvalue weighted by Crippen LogP contribution is 2.30. The standard InChI is InChI=1S/C17H22N2O/c1-13-5-2-3-6-15(13)12-19(16-8-9-16)17(20)14-7-4-10-18-11-14/h2-3,5-7,16,18H,4,8-12H2,1H3. The van der Waals surface area contributed by atoms with Crippen molar-refractivity contribution < 1.29 is 4.79 Å². The Bertz CT molecular complexity index is 532. The van der Waals surface area contributed by atoms with E-state index in [-0.39, 0.29) is 5.91 Å². The smallest absolute Gasteiger partial charge is 0.251 e. The molecule has 1 aliphatic heterocycles. The SMILES string of the molecule is Cc1ccccc1CN(C(=O)C1=CCCNC1)C1CC1. The Morgan fingerprint density at radius 3 is 2.80 bits per heavy atom. The summed E-state index contributed by atoms with van der Waals surface area (Å²) in [4.78, 5) is 14.8. The Morgan fingerprint density at radius 2 is 2.15 bits per heavy atom. The molecule has 2 aliphatic rings. The molecule has 0 atom stereocenters. The maximum atomic E-state index is 12.7. The molecule has 1 amide bonds. The Balaban J connectivity index is 1.77. The molecule has 1 aromatic carbocycles. The van der Waals surface area contributed by atoms with Crippen LogP contribution in [0.25, 0.3) is 0 Å². The van der Waals surface area contributed by atoms with E-state index in [9.17, 15) is 4.79 Å². The molecular formula is C17H22N2O. The summed E-state index contributed by atoms with van der Waals surface area (Å²) >= 11 is 0. The minimum atomic E-state index is 0.225. The highest BCUT2D eigenvalue weighted by Gasteiger charge is 2.34. The molecule has 1 fully saturated rings. The molecule has 0 saturated heterocycles. The van der Waals surface area contributed by atoms with Crippen LogP contribution in [-0.2, 0) is 11.3 Å². The number of amides is 1. The molecule has 3 heteroatoms. The van der Waals surface area contributed by atoms with Crippen LogP contribution >= 0.6 is 0 Å². The van der Waals surface area contributed by atoms with Crippen LogP contribution in [0.2, 0.25) is 0 Å². The predicted octanol–water partition coefficient (Wildman–Crippen LogP) is 2.41. The summed E-state index contributed by atoms with van der Waals surface area (Å²) in [6.07, 6.45) is 5.37. The van der Waals surface area contributed by atoms with Crippen LogP contribution in [0.1, 0.15) is 30.4 Å². The van der Waals surface area contributed by atoms with Gasteiger partial charge in [-0.25, -0.2) is 0 Å². The van der Waals surface area contributed by atoms with Crippen molar-refractivity contribution in [3.05, 3.63) is 47.0 Å². The molecule has 3 rings (SSSR count). The molecule has 1 heterocycles. The number of carbonyl (C=O) groups excluding carboxylic acids is 1. The monoisotopic (exact) mass is 270 g/mol. The maximum Gasteiger partial charge on any atom is 0.251 e. The molecule has 1 N–H and O–H groups in total. The van der Waals surface area contributed by atoms with E-state index in [2.05, 4.69) is 47.5 Å². The summed E-state index contributed by atoms with van der Waals surface area (Å²) in [7, 11) is 0. The average Bonchev–Trinajstić information content (AvgIpc) is 3.31. The van der Waals surface area contributed by atoms with Gasteiger partial charge in [0, 0.05) is 24.7 Å². The van der Waals surface area contributed by atoms with Crippen molar-refractivity contribution in [2.45, 2.75) is 38.8 Å². The zero-order valence-electron chi connectivity index (χ0n) is 12.1. The molecule has 20 heavy (non-hydrogen) atoms. The van der Waals surface area contributed by atoms with Gasteiger partial charge < -0.3 is 10.2 Å². The van der Waals surface area contributed by atoms with Gasteiger partial charge in [0.2, 0.25) is 0 Å². The van der Waals surface area contributed by atoms with Gasteiger partial charge in [-0.2, -0.15) is 0 Å². The molecule has 0 radical (unpaired) electrons. The molecule has 0 aromatic heterocycles. The number of hydrogen-bond acceptors (Lipinski definition) is 2. The molecule has 1 aliphatic carbocycles. The van der Waals surface area contributed by atoms with E-state index in [0.29, 0.717) is 6.04 Å². The van der Waals surface area contributed by atoms with Crippen LogP contribution in [0.3, 0.4) is 0 Å². The van der Waals surface area contributed by atoms with Crippen LogP contribution in [-0.4, -0.2) is 29.9 Å². The third-order valence-corrected chi connectivity index (χ3v) is 4.15. The van der Waals surface area contributed by atoms with Gasteiger partial charge in [-0.1, -0.05) is 30.3 Å². The Hall–Kier alpha value is -1.61. The van der Waals surface area contributed by atoms with Crippen LogP contribution in [0, 0.1) is 6.92 Å². The lowest BCUT2D eigenvalue weighted by molar-refractivity contribution is -0.128. The first-order valence-corrected chi connectivity index (χ1v) is 7.51. The highest BCUT2D eigenvalue weighted by molar-refractivity contribution is 5.94. The molecule has 1 saturated carbocycles. The van der Waals surface area contributed by atoms with Crippen molar-refractivity contribution in [1.29, 1.82) is 0 Å². The summed E-state index contributed by atoms with van der Waals surface area (Å²) < 4.78 is 0. The molecule has 0 spiro atoms. The van der Waals surface area contributed by atoms with Gasteiger partial charge in [0.1, 0.15) is 0 Å². The summed E-state index contributed by atoms with van der Waals surface area (Å²) in [6.45, 7) is 4.56. The largest absolute Gasteiger partial charge is 0.332 e. The number of rotatable bonds is 4. The predicted molar refractivity (Wildman–Crippen MR) is 80.3 cm³/mol. The van der Waals surface area contributed by atoms with Crippen LogP contribution in [0.5, 0.6) is 0 Å². The number of hydrogen-bond donors (Lipinski definition) is 1. The summed E-state index contributed by atoms with van der Waals surface area (Å²) in [6, 6.07) is 8.80. The topological polar surface area (TPSA) is 32.3 Å². The van der Waals surface area contributed by atoms with Gasteiger partial charge in [-0.15, -0.1) is 0 Å². The van der Waals surface area contributed by atoms with Gasteiger partial charge in [-0.3, -0.25) is 4.79 Å². The Labute approximate surface area is 120 Å². The Kier molecular flexibility index (Phi) is 3.88. The first-order valence-electron chi connectivity index (χ1n) is 7.51. The number of benzene rings is 1. The fourth-order valence-electron chi connectivity index (χ4n) is 2.72. The molecule has 0 unspecified atom stereocenters. The lowest BCUT2D eigenvalue weighted by Crippen LogP contribution is -2.38. The summed E-state index contributed by atoms with van der Waals surface area (Å²) in [5, 5.41) is 3.29. The Morgan fingerprint density at radius 1 is 1.35 bits per heavy atom. The van der Waals surface area contributed by atoms with Crippen molar-refractivity contribution in [2.24, 2.45) is 0 Å². The van der Waals surface area contributed by atoms with Crippen molar-refractivity contribution in [2.75, 3.05) is 13.1 Å². The third-order valence-electron chi connectivity index (χ3n) is 4.15. The van der Waals surface area contributed by atoms with Crippen LogP contribution < -0.4 is 5.32 Å². The number of nitrogens with one attached hydrogen (secondary N) is 1. The number of aryl methyl sites for hydroxylation is 1. The summed E-state index contributed by atoms with van der Waals surface area (Å²) in [5.41, 5.74) is 3.47. The molecule has 3 nitrogen and oxygen atoms in total. The fourth-order valence-corrected chi connectivity index (χ4v) is 2.72. The minimum absolute atomic E-state index is 0.225. The second-order valence-electron chi connectivity index (χ2n) is 5.79. The summed E-state index contributed by atoms with van der Waals surface area (Å²) in [5.74, 6) is 0.225. The average molecular weight is 270 g/mol. The van der Waals surface area contributed by atoms with Crippen molar-refractivity contribution >= 4 is 5.91 Å². The second-order valence-corrected chi connectivity index (χ2v) is 5.79. The van der Waals surface area contributed by atoms with Gasteiger partial charge in [-0.05, 0) is 43.9 Å². The van der Waals surface area contributed by atoms with Gasteiger partial charge >= 0.3 is 0 Å². The normalized spacial score (nSPS) is 18.6. The zero-order chi connectivity index (χ0) is 13.9. The maximum absolute atomic E-state index is 12.7. The first kappa shape index (κ1) is 13.4. The molecule has 0 bridgehead atoms. The van der Waals surface area contributed by atoms with Crippen molar-refractivity contribution in [3.8, 4) is 0 Å². The molecule has 106 valence electrons. The lowest BCUT2D eigenvalue weighted by atomic mass is 10.1. The molecule has 1 aromatic rings. The quantitative estimate of drug-likeness (QED) is 0.911. The van der Waals surface area contributed by atoms with E-state index >= 15 is 0 Å². The van der Waals surface area contributed by atoms with E-state index < -0.39 is 0 Å². The number of nitrogens with zero attached hydrogens (tertiary/aromatic N) is 1. The van der Waals surface area contributed by atoms with E-state index in [1.165, 1.54) is 11.1 Å². The van der Waals surface area contributed by atoms with Gasteiger partial charge in [0.25, 0.3) is 5.91 Å². The fraction of sp³-hybridized carbons (Fsp3) is 0.471. The van der Waals surface area contributed by atoms with E-state index in [1.807, 2.05) is 0 Å². The van der Waals surface area contributed by atoms with E-state index in [4.69, 9.17) is 0 Å². The lowest BCUT2D eigenvalue weighted by Gasteiger charge is -2.26. The highest BCUT2D eigenvalue weighted by atomic mass is 16.2.